The summed E-state index contributed by atoms with van der Waals surface area (Å²) in [5.74, 6) is 1.18. The average molecular weight is 242 g/mol. The molecule has 2 fully saturated rings. The van der Waals surface area contributed by atoms with Gasteiger partial charge in [-0.05, 0) is 25.0 Å². The molecule has 94 valence electrons. The van der Waals surface area contributed by atoms with Crippen molar-refractivity contribution in [2.45, 2.75) is 18.9 Å². The Labute approximate surface area is 107 Å². The Morgan fingerprint density at radius 3 is 2.67 bits per heavy atom. The van der Waals surface area contributed by atoms with Crippen LogP contribution in [0.2, 0.25) is 0 Å². The summed E-state index contributed by atoms with van der Waals surface area (Å²) in [4.78, 5) is 7.28. The lowest BCUT2D eigenvalue weighted by molar-refractivity contribution is 0.568. The van der Waals surface area contributed by atoms with Crippen molar-refractivity contribution in [1.29, 1.82) is 0 Å². The average Bonchev–Trinajstić information content (AvgIpc) is 3.19. The largest absolute Gasteiger partial charge is 0.340 e. The highest BCUT2D eigenvalue weighted by molar-refractivity contribution is 5.79. The van der Waals surface area contributed by atoms with Crippen LogP contribution in [0.1, 0.15) is 18.9 Å². The molecule has 18 heavy (non-hydrogen) atoms. The summed E-state index contributed by atoms with van der Waals surface area (Å²) < 4.78 is 2.46. The predicted octanol–water partition coefficient (Wildman–Crippen LogP) is 1.78. The molecule has 2 aromatic rings. The molecule has 4 nitrogen and oxygen atoms in total. The van der Waals surface area contributed by atoms with Crippen molar-refractivity contribution in [3.05, 3.63) is 24.3 Å². The zero-order valence-corrected chi connectivity index (χ0v) is 10.5. The molecule has 2 aliphatic rings. The van der Waals surface area contributed by atoms with Crippen molar-refractivity contribution in [3.8, 4) is 0 Å². The molecule has 0 atom stereocenters. The van der Waals surface area contributed by atoms with Gasteiger partial charge in [0.2, 0.25) is 5.95 Å². The van der Waals surface area contributed by atoms with E-state index in [2.05, 4.69) is 39.0 Å². The molecule has 2 heterocycles. The number of aromatic nitrogens is 2. The SMILES string of the molecule is c1ccc2c(c1)nc(N1CCNCC1)n2C1CC1. The fourth-order valence-electron chi connectivity index (χ4n) is 2.81. The number of piperazine rings is 1. The van der Waals surface area contributed by atoms with Gasteiger partial charge >= 0.3 is 0 Å². The minimum absolute atomic E-state index is 0.683. The van der Waals surface area contributed by atoms with Crippen LogP contribution in [0.15, 0.2) is 24.3 Å². The topological polar surface area (TPSA) is 33.1 Å². The molecule has 1 N–H and O–H groups in total. The Bertz CT molecular complexity index is 564. The Morgan fingerprint density at radius 2 is 1.89 bits per heavy atom. The summed E-state index contributed by atoms with van der Waals surface area (Å²) in [5, 5.41) is 3.40. The second-order valence-corrected chi connectivity index (χ2v) is 5.24. The third-order valence-corrected chi connectivity index (χ3v) is 3.89. The molecule has 1 saturated carbocycles. The number of imidazole rings is 1. The molecule has 1 aromatic heterocycles. The normalized spacial score (nSPS) is 20.6. The van der Waals surface area contributed by atoms with Crippen LogP contribution in [0.5, 0.6) is 0 Å². The van der Waals surface area contributed by atoms with Gasteiger partial charge in [0.25, 0.3) is 0 Å². The van der Waals surface area contributed by atoms with Crippen molar-refractivity contribution in [1.82, 2.24) is 14.9 Å². The van der Waals surface area contributed by atoms with Gasteiger partial charge in [0, 0.05) is 32.2 Å². The van der Waals surface area contributed by atoms with Gasteiger partial charge in [-0.2, -0.15) is 0 Å². The van der Waals surface area contributed by atoms with E-state index in [1.54, 1.807) is 0 Å². The summed E-state index contributed by atoms with van der Waals surface area (Å²) in [6, 6.07) is 9.20. The molecule has 0 radical (unpaired) electrons. The van der Waals surface area contributed by atoms with Gasteiger partial charge < -0.3 is 14.8 Å². The predicted molar refractivity (Wildman–Crippen MR) is 73.1 cm³/mol. The summed E-state index contributed by atoms with van der Waals surface area (Å²) >= 11 is 0. The maximum absolute atomic E-state index is 4.86. The summed E-state index contributed by atoms with van der Waals surface area (Å²) in [7, 11) is 0. The summed E-state index contributed by atoms with van der Waals surface area (Å²) in [5.41, 5.74) is 2.44. The Kier molecular flexibility index (Phi) is 2.30. The lowest BCUT2D eigenvalue weighted by Crippen LogP contribution is -2.44. The highest BCUT2D eigenvalue weighted by Gasteiger charge is 2.30. The van der Waals surface area contributed by atoms with E-state index in [0.29, 0.717) is 6.04 Å². The number of rotatable bonds is 2. The van der Waals surface area contributed by atoms with Gasteiger partial charge in [0.1, 0.15) is 0 Å². The van der Waals surface area contributed by atoms with Crippen molar-refractivity contribution < 1.29 is 0 Å². The molecule has 4 rings (SSSR count). The zero-order chi connectivity index (χ0) is 11.9. The smallest absolute Gasteiger partial charge is 0.206 e. The number of nitrogens with one attached hydrogen (secondary N) is 1. The molecule has 0 bridgehead atoms. The minimum Gasteiger partial charge on any atom is -0.340 e. The van der Waals surface area contributed by atoms with Crippen molar-refractivity contribution in [3.63, 3.8) is 0 Å². The number of nitrogens with zero attached hydrogens (tertiary/aromatic N) is 3. The molecule has 1 aromatic carbocycles. The molecule has 1 aliphatic carbocycles. The molecule has 0 amide bonds. The molecular weight excluding hydrogens is 224 g/mol. The lowest BCUT2D eigenvalue weighted by Gasteiger charge is -2.29. The Morgan fingerprint density at radius 1 is 1.11 bits per heavy atom. The molecule has 1 aliphatic heterocycles. The van der Waals surface area contributed by atoms with Crippen LogP contribution in [-0.2, 0) is 0 Å². The summed E-state index contributed by atoms with van der Waals surface area (Å²) in [6.45, 7) is 4.26. The van der Waals surface area contributed by atoms with E-state index >= 15 is 0 Å². The highest BCUT2D eigenvalue weighted by Crippen LogP contribution is 2.41. The van der Waals surface area contributed by atoms with Gasteiger partial charge in [-0.25, -0.2) is 4.98 Å². The second-order valence-electron chi connectivity index (χ2n) is 5.24. The van der Waals surface area contributed by atoms with Crippen LogP contribution >= 0.6 is 0 Å². The first-order chi connectivity index (χ1) is 8.93. The van der Waals surface area contributed by atoms with E-state index in [9.17, 15) is 0 Å². The fraction of sp³-hybridized carbons (Fsp3) is 0.500. The quantitative estimate of drug-likeness (QED) is 0.871. The third kappa shape index (κ3) is 1.60. The molecule has 0 unspecified atom stereocenters. The zero-order valence-electron chi connectivity index (χ0n) is 10.5. The van der Waals surface area contributed by atoms with E-state index in [4.69, 9.17) is 4.98 Å². The number of para-hydroxylation sites is 2. The van der Waals surface area contributed by atoms with Crippen molar-refractivity contribution in [2.24, 2.45) is 0 Å². The van der Waals surface area contributed by atoms with Crippen molar-refractivity contribution in [2.75, 3.05) is 31.1 Å². The lowest BCUT2D eigenvalue weighted by atomic mass is 10.3. The van der Waals surface area contributed by atoms with Crippen LogP contribution < -0.4 is 10.2 Å². The molecule has 1 saturated heterocycles. The van der Waals surface area contributed by atoms with E-state index in [1.165, 1.54) is 24.3 Å². The number of fused-ring (bicyclic) bond motifs is 1. The van der Waals surface area contributed by atoms with E-state index < -0.39 is 0 Å². The number of benzene rings is 1. The van der Waals surface area contributed by atoms with Gasteiger partial charge in [0.15, 0.2) is 0 Å². The van der Waals surface area contributed by atoms with E-state index in [-0.39, 0.29) is 0 Å². The number of anilines is 1. The molecule has 4 heteroatoms. The maximum atomic E-state index is 4.86. The fourth-order valence-corrected chi connectivity index (χ4v) is 2.81. The third-order valence-electron chi connectivity index (χ3n) is 3.89. The Balaban J connectivity index is 1.84. The van der Waals surface area contributed by atoms with E-state index in [1.807, 2.05) is 0 Å². The van der Waals surface area contributed by atoms with Gasteiger partial charge in [0.05, 0.1) is 11.0 Å². The van der Waals surface area contributed by atoms with Crippen LogP contribution in [-0.4, -0.2) is 35.7 Å². The van der Waals surface area contributed by atoms with Gasteiger partial charge in [-0.3, -0.25) is 0 Å². The first kappa shape index (κ1) is 10.4. The first-order valence-electron chi connectivity index (χ1n) is 6.86. The minimum atomic E-state index is 0.683. The van der Waals surface area contributed by atoms with Gasteiger partial charge in [-0.1, -0.05) is 12.1 Å². The van der Waals surface area contributed by atoms with Crippen LogP contribution in [0.25, 0.3) is 11.0 Å². The molecular formula is C14H18N4. The Hall–Kier alpha value is -1.55. The number of hydrogen-bond acceptors (Lipinski definition) is 3. The van der Waals surface area contributed by atoms with Crippen LogP contribution in [0.3, 0.4) is 0 Å². The second kappa shape index (κ2) is 3.99. The van der Waals surface area contributed by atoms with Gasteiger partial charge in [-0.15, -0.1) is 0 Å². The summed E-state index contributed by atoms with van der Waals surface area (Å²) in [6.07, 6.45) is 2.61. The standard InChI is InChI=1S/C14H18N4/c1-2-4-13-12(3-1)16-14(18(13)11-5-6-11)17-9-7-15-8-10-17/h1-4,11,15H,5-10H2. The maximum Gasteiger partial charge on any atom is 0.206 e. The van der Waals surface area contributed by atoms with Crippen LogP contribution in [0.4, 0.5) is 5.95 Å². The first-order valence-corrected chi connectivity index (χ1v) is 6.86. The molecule has 0 spiro atoms. The highest BCUT2D eigenvalue weighted by atomic mass is 15.3. The monoisotopic (exact) mass is 242 g/mol. The van der Waals surface area contributed by atoms with Crippen molar-refractivity contribution >= 4 is 17.0 Å². The van der Waals surface area contributed by atoms with E-state index in [0.717, 1.165) is 31.7 Å². The number of hydrogen-bond donors (Lipinski definition) is 1. The van der Waals surface area contributed by atoms with Crippen LogP contribution in [0, 0.1) is 0 Å².